The molecule has 4 N–H and O–H groups in total. The van der Waals surface area contributed by atoms with Crippen LogP contribution in [0.1, 0.15) is 24.8 Å². The van der Waals surface area contributed by atoms with Crippen LogP contribution in [0.2, 0.25) is 0 Å². The van der Waals surface area contributed by atoms with Crippen molar-refractivity contribution in [1.29, 1.82) is 0 Å². The average Bonchev–Trinajstić information content (AvgIpc) is 2.81. The fourth-order valence-corrected chi connectivity index (χ4v) is 2.20. The van der Waals surface area contributed by atoms with Crippen LogP contribution in [0.4, 0.5) is 0 Å². The number of benzene rings is 1. The van der Waals surface area contributed by atoms with Crippen molar-refractivity contribution in [3.63, 3.8) is 0 Å². The molecule has 21 heavy (non-hydrogen) atoms. The van der Waals surface area contributed by atoms with E-state index in [4.69, 9.17) is 5.11 Å². The van der Waals surface area contributed by atoms with Gasteiger partial charge in [0.15, 0.2) is 0 Å². The molecule has 0 atom stereocenters. The molecule has 1 amide bonds. The highest BCUT2D eigenvalue weighted by Gasteiger charge is 2.06. The molecule has 0 radical (unpaired) electrons. The number of fused-ring (bicyclic) bond motifs is 1. The Morgan fingerprint density at radius 2 is 2.05 bits per heavy atom. The third-order valence-electron chi connectivity index (χ3n) is 3.26. The molecular weight excluding hydrogens is 272 g/mol. The van der Waals surface area contributed by atoms with Crippen molar-refractivity contribution in [3.8, 4) is 5.75 Å². The number of nitrogens with one attached hydrogen (secondary N) is 2. The number of carbonyl (C=O) groups is 2. The second-order valence-corrected chi connectivity index (χ2v) is 4.89. The smallest absolute Gasteiger partial charge is 0.303 e. The van der Waals surface area contributed by atoms with Crippen LogP contribution < -0.4 is 5.32 Å². The molecule has 6 nitrogen and oxygen atoms in total. The number of H-pyrrole nitrogens is 1. The molecule has 0 saturated heterocycles. The number of amides is 1. The van der Waals surface area contributed by atoms with Gasteiger partial charge in [0.05, 0.1) is 0 Å². The third kappa shape index (κ3) is 4.24. The van der Waals surface area contributed by atoms with E-state index in [-0.39, 0.29) is 24.5 Å². The summed E-state index contributed by atoms with van der Waals surface area (Å²) < 4.78 is 0. The number of carboxylic acid groups (broad SMARTS) is 1. The number of rotatable bonds is 7. The summed E-state index contributed by atoms with van der Waals surface area (Å²) >= 11 is 0. The van der Waals surface area contributed by atoms with Crippen LogP contribution in [0.15, 0.2) is 24.4 Å². The van der Waals surface area contributed by atoms with Gasteiger partial charge in [-0.3, -0.25) is 9.59 Å². The fourth-order valence-electron chi connectivity index (χ4n) is 2.20. The molecule has 0 saturated carbocycles. The van der Waals surface area contributed by atoms with Gasteiger partial charge in [-0.25, -0.2) is 0 Å². The van der Waals surface area contributed by atoms with E-state index in [1.165, 1.54) is 0 Å². The second-order valence-electron chi connectivity index (χ2n) is 4.89. The largest absolute Gasteiger partial charge is 0.508 e. The van der Waals surface area contributed by atoms with Crippen LogP contribution in [0.5, 0.6) is 5.75 Å². The van der Waals surface area contributed by atoms with Gasteiger partial charge in [-0.1, -0.05) is 0 Å². The summed E-state index contributed by atoms with van der Waals surface area (Å²) in [6.07, 6.45) is 3.09. The van der Waals surface area contributed by atoms with Gasteiger partial charge in [0.25, 0.3) is 0 Å². The molecular formula is C15H18N2O4. The number of aromatic nitrogens is 1. The Morgan fingerprint density at radius 1 is 1.24 bits per heavy atom. The third-order valence-corrected chi connectivity index (χ3v) is 3.26. The highest BCUT2D eigenvalue weighted by molar-refractivity contribution is 5.84. The molecule has 2 rings (SSSR count). The van der Waals surface area contributed by atoms with Crippen LogP contribution in [0.25, 0.3) is 10.9 Å². The minimum Gasteiger partial charge on any atom is -0.508 e. The Morgan fingerprint density at radius 3 is 2.81 bits per heavy atom. The van der Waals surface area contributed by atoms with E-state index in [1.807, 2.05) is 6.20 Å². The standard InChI is InChI=1S/C15H18N2O4/c18-11-4-5-13-12(8-11)10(9-17-13)6-7-16-14(19)2-1-3-15(20)21/h4-5,8-9,17-18H,1-3,6-7H2,(H,16,19)(H,20,21). The van der Waals surface area contributed by atoms with E-state index in [0.29, 0.717) is 19.4 Å². The van der Waals surface area contributed by atoms with Crippen LogP contribution in [-0.4, -0.2) is 33.6 Å². The second kappa shape index (κ2) is 6.78. The number of phenols is 1. The summed E-state index contributed by atoms with van der Waals surface area (Å²) in [7, 11) is 0. The molecule has 6 heteroatoms. The normalized spacial score (nSPS) is 10.7. The van der Waals surface area contributed by atoms with Gasteiger partial charge >= 0.3 is 5.97 Å². The van der Waals surface area contributed by atoms with Crippen LogP contribution in [0.3, 0.4) is 0 Å². The fraction of sp³-hybridized carbons (Fsp3) is 0.333. The van der Waals surface area contributed by atoms with E-state index in [0.717, 1.165) is 16.5 Å². The first-order chi connectivity index (χ1) is 10.1. The van der Waals surface area contributed by atoms with Crippen molar-refractivity contribution in [1.82, 2.24) is 10.3 Å². The van der Waals surface area contributed by atoms with E-state index in [1.54, 1.807) is 18.2 Å². The summed E-state index contributed by atoms with van der Waals surface area (Å²) in [6, 6.07) is 5.11. The Kier molecular flexibility index (Phi) is 4.81. The average molecular weight is 290 g/mol. The zero-order valence-electron chi connectivity index (χ0n) is 11.6. The van der Waals surface area contributed by atoms with Crippen molar-refractivity contribution in [3.05, 3.63) is 30.0 Å². The molecule has 0 aliphatic heterocycles. The maximum Gasteiger partial charge on any atom is 0.303 e. The molecule has 0 aliphatic carbocycles. The molecule has 112 valence electrons. The molecule has 0 spiro atoms. The predicted octanol–water partition coefficient (Wildman–Crippen LogP) is 1.79. The summed E-state index contributed by atoms with van der Waals surface area (Å²) in [6.45, 7) is 0.481. The van der Waals surface area contributed by atoms with Gasteiger partial charge in [0.1, 0.15) is 5.75 Å². The van der Waals surface area contributed by atoms with Crippen LogP contribution in [0, 0.1) is 0 Å². The molecule has 2 aromatic rings. The zero-order chi connectivity index (χ0) is 15.2. The number of carbonyl (C=O) groups excluding carboxylic acids is 1. The van der Waals surface area contributed by atoms with Crippen molar-refractivity contribution >= 4 is 22.8 Å². The van der Waals surface area contributed by atoms with Crippen LogP contribution >= 0.6 is 0 Å². The summed E-state index contributed by atoms with van der Waals surface area (Å²) in [5.41, 5.74) is 1.96. The first-order valence-corrected chi connectivity index (χ1v) is 6.84. The van der Waals surface area contributed by atoms with Gasteiger partial charge in [-0.05, 0) is 36.6 Å². The van der Waals surface area contributed by atoms with Gasteiger partial charge < -0.3 is 20.5 Å². The van der Waals surface area contributed by atoms with Crippen molar-refractivity contribution < 1.29 is 19.8 Å². The van der Waals surface area contributed by atoms with Gasteiger partial charge in [0.2, 0.25) is 5.91 Å². The highest BCUT2D eigenvalue weighted by atomic mass is 16.4. The summed E-state index contributed by atoms with van der Waals surface area (Å²) in [5, 5.41) is 21.7. The van der Waals surface area contributed by atoms with Crippen molar-refractivity contribution in [2.75, 3.05) is 6.54 Å². The summed E-state index contributed by atoms with van der Waals surface area (Å²) in [5.74, 6) is -0.818. The Balaban J connectivity index is 1.81. The Hall–Kier alpha value is -2.50. The van der Waals surface area contributed by atoms with Crippen molar-refractivity contribution in [2.24, 2.45) is 0 Å². The number of aliphatic carboxylic acids is 1. The molecule has 0 fully saturated rings. The lowest BCUT2D eigenvalue weighted by molar-refractivity contribution is -0.137. The lowest BCUT2D eigenvalue weighted by Crippen LogP contribution is -2.25. The molecule has 1 aromatic carbocycles. The minimum absolute atomic E-state index is 0.00907. The first-order valence-electron chi connectivity index (χ1n) is 6.84. The number of hydrogen-bond donors (Lipinski definition) is 4. The maximum atomic E-state index is 11.5. The minimum atomic E-state index is -0.888. The molecule has 1 aromatic heterocycles. The lowest BCUT2D eigenvalue weighted by Gasteiger charge is -2.04. The monoisotopic (exact) mass is 290 g/mol. The van der Waals surface area contributed by atoms with Gasteiger partial charge in [-0.2, -0.15) is 0 Å². The van der Waals surface area contributed by atoms with E-state index >= 15 is 0 Å². The number of phenolic OH excluding ortho intramolecular Hbond substituents is 1. The highest BCUT2D eigenvalue weighted by Crippen LogP contribution is 2.22. The van der Waals surface area contributed by atoms with Gasteiger partial charge in [-0.15, -0.1) is 0 Å². The predicted molar refractivity (Wildman–Crippen MR) is 78.2 cm³/mol. The number of carboxylic acids is 1. The van der Waals surface area contributed by atoms with Crippen molar-refractivity contribution in [2.45, 2.75) is 25.7 Å². The Bertz CT molecular complexity index is 648. The zero-order valence-corrected chi connectivity index (χ0v) is 11.6. The number of aromatic hydroxyl groups is 1. The number of hydrogen-bond acceptors (Lipinski definition) is 3. The number of aromatic amines is 1. The van der Waals surface area contributed by atoms with Crippen LogP contribution in [-0.2, 0) is 16.0 Å². The SMILES string of the molecule is O=C(O)CCCC(=O)NCCc1c[nH]c2ccc(O)cc12. The maximum absolute atomic E-state index is 11.5. The Labute approximate surface area is 121 Å². The topological polar surface area (TPSA) is 102 Å². The van der Waals surface area contributed by atoms with Gasteiger partial charge in [0, 0.05) is 36.5 Å². The van der Waals surface area contributed by atoms with E-state index < -0.39 is 5.97 Å². The first kappa shape index (κ1) is 14.9. The lowest BCUT2D eigenvalue weighted by atomic mass is 10.1. The van der Waals surface area contributed by atoms with E-state index in [9.17, 15) is 14.7 Å². The molecule has 0 aliphatic rings. The van der Waals surface area contributed by atoms with E-state index in [2.05, 4.69) is 10.3 Å². The molecule has 0 unspecified atom stereocenters. The molecule has 1 heterocycles. The molecule has 0 bridgehead atoms. The summed E-state index contributed by atoms with van der Waals surface area (Å²) in [4.78, 5) is 25.0. The quantitative estimate of drug-likeness (QED) is 0.624.